The summed E-state index contributed by atoms with van der Waals surface area (Å²) in [6.45, 7) is 2.34. The first kappa shape index (κ1) is 28.9. The molecule has 2 heterocycles. The van der Waals surface area contributed by atoms with Gasteiger partial charge in [-0.05, 0) is 57.7 Å². The van der Waals surface area contributed by atoms with Gasteiger partial charge < -0.3 is 30.4 Å². The third-order valence-corrected chi connectivity index (χ3v) is 5.26. The van der Waals surface area contributed by atoms with Crippen molar-refractivity contribution in [3.63, 3.8) is 0 Å². The number of aromatic amines is 1. The Bertz CT molecular complexity index is 1140. The van der Waals surface area contributed by atoms with E-state index < -0.39 is 17.7 Å². The second kappa shape index (κ2) is 13.1. The number of aliphatic carboxylic acids is 1. The van der Waals surface area contributed by atoms with Gasteiger partial charge in [-0.3, -0.25) is 4.79 Å². The van der Waals surface area contributed by atoms with Gasteiger partial charge in [0.25, 0.3) is 0 Å². The normalized spacial score (nSPS) is 11.5. The zero-order valence-corrected chi connectivity index (χ0v) is 19.6. The summed E-state index contributed by atoms with van der Waals surface area (Å²) in [5.41, 5.74) is 0.729. The van der Waals surface area contributed by atoms with E-state index in [2.05, 4.69) is 30.5 Å². The van der Waals surface area contributed by atoms with Crippen molar-refractivity contribution in [1.29, 1.82) is 0 Å². The molecule has 0 aliphatic carbocycles. The summed E-state index contributed by atoms with van der Waals surface area (Å²) in [5, 5.41) is 15.5. The smallest absolute Gasteiger partial charge is 0.416 e. The van der Waals surface area contributed by atoms with Crippen LogP contribution in [0.25, 0.3) is 11.0 Å². The molecule has 0 fully saturated rings. The second-order valence-electron chi connectivity index (χ2n) is 8.17. The molecule has 0 atom stereocenters. The molecule has 198 valence electrons. The van der Waals surface area contributed by atoms with Crippen molar-refractivity contribution in [2.24, 2.45) is 0 Å². The molecule has 4 N–H and O–H groups in total. The SMILES string of the molecule is C.CNCCCN(C)Cc1c[nH]c2ncnc(Nc3cc(OCCCC(=O)O)cc(C(F)(F)F)c3)c12. The average molecular weight is 511 g/mol. The number of hydrogen-bond donors (Lipinski definition) is 4. The molecule has 0 bridgehead atoms. The quantitative estimate of drug-likeness (QED) is 0.246. The van der Waals surface area contributed by atoms with Crippen LogP contribution in [-0.4, -0.2) is 64.7 Å². The molecule has 3 aromatic rings. The Hall–Kier alpha value is -3.38. The number of rotatable bonds is 13. The van der Waals surface area contributed by atoms with Crippen LogP contribution in [0, 0.1) is 0 Å². The van der Waals surface area contributed by atoms with Crippen molar-refractivity contribution in [3.05, 3.63) is 41.9 Å². The van der Waals surface area contributed by atoms with Crippen molar-refractivity contribution >= 4 is 28.5 Å². The fourth-order valence-electron chi connectivity index (χ4n) is 3.61. The minimum absolute atomic E-state index is 0. The summed E-state index contributed by atoms with van der Waals surface area (Å²) in [6, 6.07) is 3.30. The number of H-pyrrole nitrogens is 1. The van der Waals surface area contributed by atoms with E-state index in [9.17, 15) is 18.0 Å². The van der Waals surface area contributed by atoms with Crippen LogP contribution >= 0.6 is 0 Å². The van der Waals surface area contributed by atoms with E-state index >= 15 is 0 Å². The zero-order chi connectivity index (χ0) is 25.4. The van der Waals surface area contributed by atoms with Gasteiger partial charge in [0.1, 0.15) is 23.5 Å². The molecule has 0 unspecified atom stereocenters. The van der Waals surface area contributed by atoms with E-state index in [1.807, 2.05) is 20.3 Å². The number of carboxylic acids is 1. The van der Waals surface area contributed by atoms with E-state index in [1.54, 1.807) is 0 Å². The summed E-state index contributed by atoms with van der Waals surface area (Å²) in [4.78, 5) is 24.4. The Balaban J connectivity index is 0.00000456. The van der Waals surface area contributed by atoms with Crippen molar-refractivity contribution in [1.82, 2.24) is 25.2 Å². The molecule has 2 aromatic heterocycles. The highest BCUT2D eigenvalue weighted by Gasteiger charge is 2.31. The highest BCUT2D eigenvalue weighted by Crippen LogP contribution is 2.36. The molecular weight excluding hydrogens is 477 g/mol. The molecular formula is C24H33F3N6O3. The first-order chi connectivity index (χ1) is 16.7. The van der Waals surface area contributed by atoms with Gasteiger partial charge >= 0.3 is 12.1 Å². The monoisotopic (exact) mass is 510 g/mol. The maximum absolute atomic E-state index is 13.5. The lowest BCUT2D eigenvalue weighted by Gasteiger charge is -2.17. The van der Waals surface area contributed by atoms with Gasteiger partial charge in [-0.15, -0.1) is 0 Å². The van der Waals surface area contributed by atoms with Crippen LogP contribution in [0.1, 0.15) is 37.8 Å². The van der Waals surface area contributed by atoms with Crippen LogP contribution in [-0.2, 0) is 17.5 Å². The molecule has 0 radical (unpaired) electrons. The van der Waals surface area contributed by atoms with Crippen LogP contribution in [0.3, 0.4) is 0 Å². The number of hydrogen-bond acceptors (Lipinski definition) is 7. The number of anilines is 2. The number of alkyl halides is 3. The number of carboxylic acid groups (broad SMARTS) is 1. The lowest BCUT2D eigenvalue weighted by Crippen LogP contribution is -2.22. The summed E-state index contributed by atoms with van der Waals surface area (Å²) >= 11 is 0. The van der Waals surface area contributed by atoms with E-state index in [0.29, 0.717) is 23.4 Å². The number of fused-ring (bicyclic) bond motifs is 1. The highest BCUT2D eigenvalue weighted by molar-refractivity contribution is 5.92. The summed E-state index contributed by atoms with van der Waals surface area (Å²) in [5.74, 6) is -0.648. The molecule has 0 amide bonds. The zero-order valence-electron chi connectivity index (χ0n) is 19.6. The highest BCUT2D eigenvalue weighted by atomic mass is 19.4. The molecule has 0 aliphatic heterocycles. The number of carbonyl (C=O) groups is 1. The number of benzene rings is 1. The lowest BCUT2D eigenvalue weighted by molar-refractivity contribution is -0.138. The minimum Gasteiger partial charge on any atom is -0.493 e. The number of ether oxygens (including phenoxy) is 1. The van der Waals surface area contributed by atoms with Crippen LogP contribution in [0.15, 0.2) is 30.7 Å². The van der Waals surface area contributed by atoms with Crippen molar-refractivity contribution in [3.8, 4) is 5.75 Å². The van der Waals surface area contributed by atoms with Gasteiger partial charge in [-0.1, -0.05) is 7.43 Å². The Labute approximate surface area is 208 Å². The van der Waals surface area contributed by atoms with Gasteiger partial charge in [-0.2, -0.15) is 13.2 Å². The van der Waals surface area contributed by atoms with E-state index in [4.69, 9.17) is 9.84 Å². The predicted molar refractivity (Wildman–Crippen MR) is 133 cm³/mol. The number of nitrogens with zero attached hydrogens (tertiary/aromatic N) is 3. The molecule has 0 aliphatic rings. The van der Waals surface area contributed by atoms with Crippen molar-refractivity contribution < 1.29 is 27.8 Å². The Morgan fingerprint density at radius 3 is 2.69 bits per heavy atom. The minimum atomic E-state index is -4.59. The third kappa shape index (κ3) is 8.09. The molecule has 0 saturated heterocycles. The first-order valence-corrected chi connectivity index (χ1v) is 11.2. The summed E-state index contributed by atoms with van der Waals surface area (Å²) in [6.07, 6.45) is -0.428. The molecule has 1 aromatic carbocycles. The lowest BCUT2D eigenvalue weighted by atomic mass is 10.1. The molecule has 3 rings (SSSR count). The summed E-state index contributed by atoms with van der Waals surface area (Å²) < 4.78 is 46.0. The fourth-order valence-corrected chi connectivity index (χ4v) is 3.61. The standard InChI is InChI=1S/C23H29F3N6O3.CH4/c1-27-6-4-7-32(2)13-15-12-28-21-20(15)22(30-14-29-21)31-17-9-16(23(24,25)26)10-18(11-17)35-8-3-5-19(33)34;/h9-12,14,27H,3-8,13H2,1-2H3,(H,33,34)(H2,28,29,30,31);1H4. The van der Waals surface area contributed by atoms with Gasteiger partial charge in [0, 0.05) is 30.9 Å². The maximum Gasteiger partial charge on any atom is 0.416 e. The molecule has 9 nitrogen and oxygen atoms in total. The largest absolute Gasteiger partial charge is 0.493 e. The average Bonchev–Trinajstić information content (AvgIpc) is 3.20. The maximum atomic E-state index is 13.5. The van der Waals surface area contributed by atoms with Crippen molar-refractivity contribution in [2.75, 3.05) is 39.1 Å². The number of nitrogens with one attached hydrogen (secondary N) is 3. The topological polar surface area (TPSA) is 115 Å². The molecule has 12 heteroatoms. The van der Waals surface area contributed by atoms with Crippen LogP contribution < -0.4 is 15.4 Å². The van der Waals surface area contributed by atoms with Gasteiger partial charge in [0.05, 0.1) is 17.6 Å². The van der Waals surface area contributed by atoms with Crippen molar-refractivity contribution in [2.45, 2.75) is 39.4 Å². The van der Waals surface area contributed by atoms with E-state index in [0.717, 1.165) is 37.2 Å². The molecule has 36 heavy (non-hydrogen) atoms. The van der Waals surface area contributed by atoms with Gasteiger partial charge in [-0.25, -0.2) is 9.97 Å². The second-order valence-corrected chi connectivity index (χ2v) is 8.17. The Morgan fingerprint density at radius 2 is 2.00 bits per heavy atom. The predicted octanol–water partition coefficient (Wildman–Crippen LogP) is 4.64. The van der Waals surface area contributed by atoms with Gasteiger partial charge in [0.2, 0.25) is 0 Å². The first-order valence-electron chi connectivity index (χ1n) is 11.2. The number of aromatic nitrogens is 3. The van der Waals surface area contributed by atoms with Gasteiger partial charge in [0.15, 0.2) is 0 Å². The van der Waals surface area contributed by atoms with E-state index in [1.165, 1.54) is 12.4 Å². The third-order valence-electron chi connectivity index (χ3n) is 5.26. The Morgan fingerprint density at radius 1 is 1.22 bits per heavy atom. The fraction of sp³-hybridized carbons (Fsp3) is 0.458. The number of halogens is 3. The van der Waals surface area contributed by atoms with Crippen LogP contribution in [0.5, 0.6) is 5.75 Å². The van der Waals surface area contributed by atoms with E-state index in [-0.39, 0.29) is 38.3 Å². The Kier molecular flexibility index (Phi) is 10.5. The molecule has 0 spiro atoms. The molecule has 0 saturated carbocycles. The summed E-state index contributed by atoms with van der Waals surface area (Å²) in [7, 11) is 3.89. The van der Waals surface area contributed by atoms with Crippen LogP contribution in [0.2, 0.25) is 0 Å². The van der Waals surface area contributed by atoms with Crippen LogP contribution in [0.4, 0.5) is 24.7 Å².